The molecule has 27 heavy (non-hydrogen) atoms. The molecule has 0 aliphatic carbocycles. The maximum atomic E-state index is 12.4. The van der Waals surface area contributed by atoms with Crippen LogP contribution in [0.15, 0.2) is 48.0 Å². The lowest BCUT2D eigenvalue weighted by Gasteiger charge is -2.13. The Bertz CT molecular complexity index is 858. The number of carbonyl (C=O) groups is 1. The van der Waals surface area contributed by atoms with Crippen LogP contribution in [0.3, 0.4) is 0 Å². The van der Waals surface area contributed by atoms with E-state index >= 15 is 0 Å². The first-order valence-corrected chi connectivity index (χ1v) is 9.70. The minimum Gasteiger partial charge on any atom is -0.490 e. The van der Waals surface area contributed by atoms with Crippen molar-refractivity contribution in [2.24, 2.45) is 0 Å². The van der Waals surface area contributed by atoms with Crippen LogP contribution in [-0.4, -0.2) is 19.1 Å². The number of nitriles is 1. The molecule has 6 heteroatoms. The van der Waals surface area contributed by atoms with Crippen LogP contribution in [0.4, 0.5) is 0 Å². The molecule has 0 unspecified atom stereocenters. The standard InChI is InChI=1S/C21H21IN2O3/c1-3-26-19-12-16(11-18(22)20(19)27-4-2)10-17(13-23)21(25)24-14-15-8-6-5-7-9-15/h5-12H,3-4,14H2,1-2H3,(H,24,25)/b17-10+. The van der Waals surface area contributed by atoms with Gasteiger partial charge in [0, 0.05) is 6.54 Å². The van der Waals surface area contributed by atoms with Crippen molar-refractivity contribution in [3.05, 3.63) is 62.7 Å². The summed E-state index contributed by atoms with van der Waals surface area (Å²) in [5.41, 5.74) is 1.71. The van der Waals surface area contributed by atoms with Crippen molar-refractivity contribution in [2.45, 2.75) is 20.4 Å². The zero-order chi connectivity index (χ0) is 19.6. The molecule has 0 atom stereocenters. The molecule has 2 aromatic carbocycles. The second-order valence-corrected chi connectivity index (χ2v) is 6.70. The summed E-state index contributed by atoms with van der Waals surface area (Å²) in [6.07, 6.45) is 1.56. The minimum atomic E-state index is -0.414. The van der Waals surface area contributed by atoms with Gasteiger partial charge in [0.25, 0.3) is 5.91 Å². The van der Waals surface area contributed by atoms with Crippen molar-refractivity contribution in [1.82, 2.24) is 5.32 Å². The number of halogens is 1. The Balaban J connectivity index is 2.23. The molecule has 0 aliphatic heterocycles. The molecule has 2 aromatic rings. The molecule has 0 aromatic heterocycles. The van der Waals surface area contributed by atoms with Gasteiger partial charge < -0.3 is 14.8 Å². The van der Waals surface area contributed by atoms with E-state index in [1.807, 2.05) is 56.3 Å². The van der Waals surface area contributed by atoms with Crippen molar-refractivity contribution >= 4 is 34.6 Å². The van der Waals surface area contributed by atoms with Crippen LogP contribution in [-0.2, 0) is 11.3 Å². The lowest BCUT2D eigenvalue weighted by atomic mass is 10.1. The Kier molecular flexibility index (Phi) is 8.14. The molecule has 140 valence electrons. The van der Waals surface area contributed by atoms with Crippen LogP contribution in [0.2, 0.25) is 0 Å². The lowest BCUT2D eigenvalue weighted by molar-refractivity contribution is -0.117. The third-order valence-electron chi connectivity index (χ3n) is 3.59. The summed E-state index contributed by atoms with van der Waals surface area (Å²) < 4.78 is 12.1. The van der Waals surface area contributed by atoms with Crippen LogP contribution in [0, 0.1) is 14.9 Å². The fraction of sp³-hybridized carbons (Fsp3) is 0.238. The Morgan fingerprint density at radius 3 is 2.52 bits per heavy atom. The third kappa shape index (κ3) is 6.00. The van der Waals surface area contributed by atoms with Crippen LogP contribution in [0.1, 0.15) is 25.0 Å². The van der Waals surface area contributed by atoms with E-state index in [0.29, 0.717) is 36.8 Å². The summed E-state index contributed by atoms with van der Waals surface area (Å²) in [5.74, 6) is 0.854. The van der Waals surface area contributed by atoms with Crippen LogP contribution in [0.5, 0.6) is 11.5 Å². The Labute approximate surface area is 173 Å². The predicted octanol–water partition coefficient (Wildman–Crippen LogP) is 4.31. The summed E-state index contributed by atoms with van der Waals surface area (Å²) in [4.78, 5) is 12.4. The first-order chi connectivity index (χ1) is 13.1. The van der Waals surface area contributed by atoms with Gasteiger partial charge in [0.2, 0.25) is 0 Å². The van der Waals surface area contributed by atoms with Crippen LogP contribution in [0.25, 0.3) is 6.08 Å². The van der Waals surface area contributed by atoms with Crippen molar-refractivity contribution in [2.75, 3.05) is 13.2 Å². The van der Waals surface area contributed by atoms with E-state index in [2.05, 4.69) is 27.9 Å². The van der Waals surface area contributed by atoms with Crippen LogP contribution >= 0.6 is 22.6 Å². The first-order valence-electron chi connectivity index (χ1n) is 8.62. The highest BCUT2D eigenvalue weighted by molar-refractivity contribution is 14.1. The Morgan fingerprint density at radius 2 is 1.89 bits per heavy atom. The average Bonchev–Trinajstić information content (AvgIpc) is 2.68. The van der Waals surface area contributed by atoms with Gasteiger partial charge in [0.05, 0.1) is 16.8 Å². The molecular weight excluding hydrogens is 455 g/mol. The molecule has 2 rings (SSSR count). The van der Waals surface area contributed by atoms with Gasteiger partial charge in [0.1, 0.15) is 11.6 Å². The number of hydrogen-bond acceptors (Lipinski definition) is 4. The fourth-order valence-corrected chi connectivity index (χ4v) is 3.19. The molecule has 0 heterocycles. The maximum absolute atomic E-state index is 12.4. The molecule has 0 aliphatic rings. The van der Waals surface area contributed by atoms with Gasteiger partial charge in [0.15, 0.2) is 11.5 Å². The zero-order valence-electron chi connectivity index (χ0n) is 15.3. The molecule has 1 N–H and O–H groups in total. The maximum Gasteiger partial charge on any atom is 0.262 e. The second-order valence-electron chi connectivity index (χ2n) is 5.53. The van der Waals surface area contributed by atoms with E-state index < -0.39 is 5.91 Å². The normalized spacial score (nSPS) is 10.8. The largest absolute Gasteiger partial charge is 0.490 e. The smallest absolute Gasteiger partial charge is 0.262 e. The van der Waals surface area contributed by atoms with Gasteiger partial charge in [-0.05, 0) is 65.8 Å². The van der Waals surface area contributed by atoms with Gasteiger partial charge in [-0.3, -0.25) is 4.79 Å². The minimum absolute atomic E-state index is 0.0355. The summed E-state index contributed by atoms with van der Waals surface area (Å²) in [6.45, 7) is 5.18. The summed E-state index contributed by atoms with van der Waals surface area (Å²) in [6, 6.07) is 15.2. The van der Waals surface area contributed by atoms with Crippen molar-refractivity contribution in [3.63, 3.8) is 0 Å². The van der Waals surface area contributed by atoms with Gasteiger partial charge in [-0.1, -0.05) is 30.3 Å². The quantitative estimate of drug-likeness (QED) is 0.350. The number of hydrogen-bond donors (Lipinski definition) is 1. The molecule has 0 saturated carbocycles. The third-order valence-corrected chi connectivity index (χ3v) is 4.39. The molecule has 0 spiro atoms. The van der Waals surface area contributed by atoms with E-state index in [9.17, 15) is 10.1 Å². The molecule has 5 nitrogen and oxygen atoms in total. The molecular formula is C21H21IN2O3. The second kappa shape index (κ2) is 10.6. The fourth-order valence-electron chi connectivity index (χ4n) is 2.41. The number of rotatable bonds is 8. The van der Waals surface area contributed by atoms with Gasteiger partial charge >= 0.3 is 0 Å². The number of nitrogens with zero attached hydrogens (tertiary/aromatic N) is 1. The Hall–Kier alpha value is -2.53. The van der Waals surface area contributed by atoms with Gasteiger partial charge in [-0.15, -0.1) is 0 Å². The lowest BCUT2D eigenvalue weighted by Crippen LogP contribution is -2.23. The molecule has 1 amide bonds. The monoisotopic (exact) mass is 476 g/mol. The van der Waals surface area contributed by atoms with Crippen molar-refractivity contribution in [1.29, 1.82) is 5.26 Å². The molecule has 0 bridgehead atoms. The number of nitrogens with one attached hydrogen (secondary N) is 1. The molecule has 0 fully saturated rings. The number of benzene rings is 2. The predicted molar refractivity (Wildman–Crippen MR) is 113 cm³/mol. The number of carbonyl (C=O) groups excluding carboxylic acids is 1. The zero-order valence-corrected chi connectivity index (χ0v) is 17.4. The van der Waals surface area contributed by atoms with Crippen LogP contribution < -0.4 is 14.8 Å². The van der Waals surface area contributed by atoms with E-state index in [1.165, 1.54) is 0 Å². The van der Waals surface area contributed by atoms with Crippen molar-refractivity contribution < 1.29 is 14.3 Å². The Morgan fingerprint density at radius 1 is 1.19 bits per heavy atom. The average molecular weight is 476 g/mol. The van der Waals surface area contributed by atoms with E-state index in [0.717, 1.165) is 9.13 Å². The summed E-state index contributed by atoms with van der Waals surface area (Å²) >= 11 is 2.16. The van der Waals surface area contributed by atoms with Gasteiger partial charge in [-0.2, -0.15) is 5.26 Å². The highest BCUT2D eigenvalue weighted by atomic mass is 127. The molecule has 0 radical (unpaired) electrons. The van der Waals surface area contributed by atoms with E-state index in [4.69, 9.17) is 9.47 Å². The van der Waals surface area contributed by atoms with E-state index in [1.54, 1.807) is 12.1 Å². The topological polar surface area (TPSA) is 71.3 Å². The number of amides is 1. The highest BCUT2D eigenvalue weighted by Gasteiger charge is 2.13. The van der Waals surface area contributed by atoms with E-state index in [-0.39, 0.29) is 5.57 Å². The first kappa shape index (κ1) is 20.8. The highest BCUT2D eigenvalue weighted by Crippen LogP contribution is 2.34. The molecule has 0 saturated heterocycles. The summed E-state index contributed by atoms with van der Waals surface area (Å²) in [5, 5.41) is 12.2. The SMILES string of the molecule is CCOc1cc(/C=C(\C#N)C(=O)NCc2ccccc2)cc(I)c1OCC. The van der Waals surface area contributed by atoms with Gasteiger partial charge in [-0.25, -0.2) is 0 Å². The number of ether oxygens (including phenoxy) is 2. The summed E-state index contributed by atoms with van der Waals surface area (Å²) in [7, 11) is 0. The van der Waals surface area contributed by atoms with Crippen molar-refractivity contribution in [3.8, 4) is 17.6 Å².